The number of carbonyl (C=O) groups is 2. The van der Waals surface area contributed by atoms with Gasteiger partial charge in [0.2, 0.25) is 5.96 Å². The van der Waals surface area contributed by atoms with Crippen LogP contribution in [-0.2, 0) is 20.7 Å². The smallest absolute Gasteiger partial charge is 0.490 e. The molecule has 0 aliphatic carbocycles. The average molecular weight is 449 g/mol. The molecule has 32 heavy (non-hydrogen) atoms. The highest BCUT2D eigenvalue weighted by molar-refractivity contribution is 6.06. The van der Waals surface area contributed by atoms with Crippen LogP contribution in [0.5, 0.6) is 5.75 Å². The molecule has 170 valence electrons. The second-order valence-electron chi connectivity index (χ2n) is 7.40. The molecule has 0 bridgehead atoms. The number of alkyl halides is 3. The highest BCUT2D eigenvalue weighted by Crippen LogP contribution is 2.35. The maximum Gasteiger partial charge on any atom is 0.490 e. The van der Waals surface area contributed by atoms with Crippen LogP contribution in [0.15, 0.2) is 53.5 Å². The minimum Gasteiger partial charge on any atom is -0.496 e. The molecule has 1 aliphatic heterocycles. The highest BCUT2D eigenvalue weighted by Gasteiger charge is 2.46. The summed E-state index contributed by atoms with van der Waals surface area (Å²) in [6, 6.07) is 15.3. The number of hydrogen-bond donors (Lipinski definition) is 1. The Kier molecular flexibility index (Phi) is 6.42. The quantitative estimate of drug-likeness (QED) is 0.655. The Morgan fingerprint density at radius 1 is 1.16 bits per heavy atom. The van der Waals surface area contributed by atoms with E-state index < -0.39 is 30.3 Å². The molecule has 0 aromatic heterocycles. The van der Waals surface area contributed by atoms with Crippen molar-refractivity contribution in [3.05, 3.63) is 54.1 Å². The Bertz CT molecular complexity index is 1040. The van der Waals surface area contributed by atoms with Crippen molar-refractivity contribution in [2.24, 2.45) is 10.7 Å². The van der Waals surface area contributed by atoms with Gasteiger partial charge in [-0.15, -0.1) is 0 Å². The Labute approximate surface area is 182 Å². The molecule has 2 aromatic carbocycles. The van der Waals surface area contributed by atoms with Gasteiger partial charge >= 0.3 is 12.1 Å². The molecule has 1 aliphatic rings. The van der Waals surface area contributed by atoms with Crippen LogP contribution in [-0.4, -0.2) is 48.3 Å². The highest BCUT2D eigenvalue weighted by atomic mass is 19.4. The number of aliphatic imine (C=N–C) groups is 1. The third-order valence-corrected chi connectivity index (χ3v) is 5.17. The van der Waals surface area contributed by atoms with Gasteiger partial charge in [-0.25, -0.2) is 14.7 Å². The van der Waals surface area contributed by atoms with Crippen LogP contribution in [0.1, 0.15) is 18.9 Å². The fourth-order valence-corrected chi connectivity index (χ4v) is 3.49. The summed E-state index contributed by atoms with van der Waals surface area (Å²) in [5.74, 6) is -2.71. The number of halogens is 3. The lowest BCUT2D eigenvalue weighted by Crippen LogP contribution is -2.45. The van der Waals surface area contributed by atoms with Crippen molar-refractivity contribution in [2.75, 3.05) is 13.8 Å². The van der Waals surface area contributed by atoms with Crippen molar-refractivity contribution in [1.29, 1.82) is 0 Å². The maximum atomic E-state index is 12.8. The van der Waals surface area contributed by atoms with Crippen molar-refractivity contribution < 1.29 is 32.2 Å². The number of amides is 1. The van der Waals surface area contributed by atoms with E-state index in [0.29, 0.717) is 12.2 Å². The van der Waals surface area contributed by atoms with E-state index in [2.05, 4.69) is 9.73 Å². The summed E-state index contributed by atoms with van der Waals surface area (Å²) < 4.78 is 46.8. The average Bonchev–Trinajstić information content (AvgIpc) is 2.98. The molecular formula is C22H22F3N3O4. The Morgan fingerprint density at radius 3 is 2.47 bits per heavy atom. The van der Waals surface area contributed by atoms with Gasteiger partial charge in [-0.05, 0) is 30.9 Å². The summed E-state index contributed by atoms with van der Waals surface area (Å²) in [4.78, 5) is 28.6. The lowest BCUT2D eigenvalue weighted by atomic mass is 9.91. The fraction of sp³-hybridized carbons (Fsp3) is 0.318. The minimum absolute atomic E-state index is 0.213. The number of rotatable bonds is 7. The number of nitrogens with two attached hydrogens (primary N) is 1. The number of methoxy groups -OCH3 is 1. The van der Waals surface area contributed by atoms with E-state index in [-0.39, 0.29) is 12.4 Å². The number of ether oxygens (including phenoxy) is 2. The zero-order chi connectivity index (χ0) is 23.5. The van der Waals surface area contributed by atoms with Crippen LogP contribution >= 0.6 is 0 Å². The fourth-order valence-electron chi connectivity index (χ4n) is 3.49. The molecule has 1 atom stereocenters. The summed E-state index contributed by atoms with van der Waals surface area (Å²) in [7, 11) is 1.56. The summed E-state index contributed by atoms with van der Waals surface area (Å²) in [5, 5.41) is 0. The van der Waals surface area contributed by atoms with E-state index in [9.17, 15) is 22.8 Å². The first-order chi connectivity index (χ1) is 15.1. The van der Waals surface area contributed by atoms with Crippen LogP contribution < -0.4 is 10.5 Å². The van der Waals surface area contributed by atoms with Crippen LogP contribution in [0, 0.1) is 0 Å². The summed E-state index contributed by atoms with van der Waals surface area (Å²) in [6.07, 6.45) is -4.57. The predicted molar refractivity (Wildman–Crippen MR) is 111 cm³/mol. The predicted octanol–water partition coefficient (Wildman–Crippen LogP) is 3.27. The SMILES string of the molecule is COc1c(CCC2(C)N=C(N)N(COC(=O)C(F)(F)F)C2=O)cccc1-c1ccccc1. The Balaban J connectivity index is 1.74. The number of esters is 1. The van der Waals surface area contributed by atoms with Gasteiger partial charge in [0, 0.05) is 5.56 Å². The molecule has 7 nitrogen and oxygen atoms in total. The molecule has 0 fully saturated rings. The zero-order valence-electron chi connectivity index (χ0n) is 17.5. The number of para-hydroxylation sites is 1. The number of carbonyl (C=O) groups excluding carboxylic acids is 2. The number of aryl methyl sites for hydroxylation is 1. The third kappa shape index (κ3) is 4.68. The summed E-state index contributed by atoms with van der Waals surface area (Å²) >= 11 is 0. The molecule has 0 saturated heterocycles. The monoisotopic (exact) mass is 449 g/mol. The van der Waals surface area contributed by atoms with Crippen molar-refractivity contribution in [3.63, 3.8) is 0 Å². The molecule has 1 amide bonds. The van der Waals surface area contributed by atoms with Crippen LogP contribution in [0.2, 0.25) is 0 Å². The van der Waals surface area contributed by atoms with Gasteiger partial charge in [0.25, 0.3) is 5.91 Å². The minimum atomic E-state index is -5.17. The molecule has 10 heteroatoms. The van der Waals surface area contributed by atoms with E-state index in [1.54, 1.807) is 7.11 Å². The second kappa shape index (κ2) is 8.89. The molecule has 3 rings (SSSR count). The number of hydrogen-bond acceptors (Lipinski definition) is 6. The van der Waals surface area contributed by atoms with Gasteiger partial charge in [-0.2, -0.15) is 13.2 Å². The second-order valence-corrected chi connectivity index (χ2v) is 7.40. The van der Waals surface area contributed by atoms with Crippen LogP contribution in [0.25, 0.3) is 11.1 Å². The molecule has 0 radical (unpaired) electrons. The topological polar surface area (TPSA) is 94.2 Å². The normalized spacial score (nSPS) is 18.5. The van der Waals surface area contributed by atoms with Gasteiger partial charge in [-0.1, -0.05) is 48.5 Å². The first kappa shape index (κ1) is 23.1. The van der Waals surface area contributed by atoms with E-state index in [1.165, 1.54) is 6.92 Å². The zero-order valence-corrected chi connectivity index (χ0v) is 17.5. The largest absolute Gasteiger partial charge is 0.496 e. The number of nitrogens with zero attached hydrogens (tertiary/aromatic N) is 2. The molecule has 1 unspecified atom stereocenters. The first-order valence-electron chi connectivity index (χ1n) is 9.69. The number of benzene rings is 2. The standard InChI is InChI=1S/C22H22F3N3O4/c1-21(18(29)28(20(26)27-21)13-32-19(30)22(23,24)25)12-11-15-9-6-10-16(17(15)31-2)14-7-4-3-5-8-14/h3-10H,11-13H2,1-2H3,(H2,26,27). The molecular weight excluding hydrogens is 427 g/mol. The first-order valence-corrected chi connectivity index (χ1v) is 9.69. The Hall–Kier alpha value is -3.56. The van der Waals surface area contributed by atoms with E-state index in [0.717, 1.165) is 21.6 Å². The van der Waals surface area contributed by atoms with Crippen molar-refractivity contribution in [2.45, 2.75) is 31.5 Å². The summed E-state index contributed by atoms with van der Waals surface area (Å²) in [5.41, 5.74) is 7.09. The van der Waals surface area contributed by atoms with Gasteiger partial charge in [0.15, 0.2) is 6.73 Å². The van der Waals surface area contributed by atoms with Crippen LogP contribution in [0.4, 0.5) is 13.2 Å². The van der Waals surface area contributed by atoms with Crippen molar-refractivity contribution >= 4 is 17.8 Å². The van der Waals surface area contributed by atoms with Crippen molar-refractivity contribution in [3.8, 4) is 16.9 Å². The van der Waals surface area contributed by atoms with E-state index >= 15 is 0 Å². The van der Waals surface area contributed by atoms with E-state index in [1.807, 2.05) is 48.5 Å². The van der Waals surface area contributed by atoms with Crippen LogP contribution in [0.3, 0.4) is 0 Å². The molecule has 2 N–H and O–H groups in total. The molecule has 2 aromatic rings. The summed E-state index contributed by atoms with van der Waals surface area (Å²) in [6.45, 7) is 0.566. The van der Waals surface area contributed by atoms with E-state index in [4.69, 9.17) is 10.5 Å². The molecule has 0 spiro atoms. The molecule has 0 saturated carbocycles. The van der Waals surface area contributed by atoms with Gasteiger partial charge in [0.05, 0.1) is 7.11 Å². The lowest BCUT2D eigenvalue weighted by molar-refractivity contribution is -0.202. The molecule has 1 heterocycles. The van der Waals surface area contributed by atoms with Gasteiger partial charge < -0.3 is 15.2 Å². The lowest BCUT2D eigenvalue weighted by Gasteiger charge is -2.23. The third-order valence-electron chi connectivity index (χ3n) is 5.17. The van der Waals surface area contributed by atoms with Crippen molar-refractivity contribution in [1.82, 2.24) is 4.90 Å². The Morgan fingerprint density at radius 2 is 1.84 bits per heavy atom. The van der Waals surface area contributed by atoms with Gasteiger partial charge in [-0.3, -0.25) is 4.79 Å². The van der Waals surface area contributed by atoms with Gasteiger partial charge in [0.1, 0.15) is 11.3 Å². The maximum absolute atomic E-state index is 12.8. The number of guanidine groups is 1.